The summed E-state index contributed by atoms with van der Waals surface area (Å²) in [5.41, 5.74) is 6.90. The maximum atomic E-state index is 6.29. The fourth-order valence-electron chi connectivity index (χ4n) is 4.19. The molecule has 3 nitrogen and oxygen atoms in total. The number of hydrogen-bond acceptors (Lipinski definition) is 3. The van der Waals surface area contributed by atoms with Crippen LogP contribution in [0, 0.1) is 0 Å². The van der Waals surface area contributed by atoms with E-state index in [1.807, 2.05) is 30.3 Å². The highest BCUT2D eigenvalue weighted by Crippen LogP contribution is 2.48. The number of hydrogen-bond donors (Lipinski definition) is 0. The third kappa shape index (κ3) is 2.48. The van der Waals surface area contributed by atoms with Crippen molar-refractivity contribution in [1.29, 1.82) is 0 Å². The molecule has 0 atom stereocenters. The molecule has 0 amide bonds. The number of fused-ring (bicyclic) bond motifs is 3. The van der Waals surface area contributed by atoms with Gasteiger partial charge in [-0.15, -0.1) is 0 Å². The third-order valence-corrected chi connectivity index (χ3v) is 5.60. The van der Waals surface area contributed by atoms with E-state index in [2.05, 4.69) is 64.6 Å². The van der Waals surface area contributed by atoms with Gasteiger partial charge in [-0.2, -0.15) is 9.97 Å². The lowest BCUT2D eigenvalue weighted by Crippen LogP contribution is -1.97. The van der Waals surface area contributed by atoms with E-state index < -0.39 is 0 Å². The molecule has 0 aliphatic heterocycles. The molecular weight excluding hydrogens is 378 g/mol. The first-order valence-corrected chi connectivity index (χ1v) is 9.80. The zero-order valence-electron chi connectivity index (χ0n) is 15.3. The minimum atomic E-state index is 0.195. The van der Waals surface area contributed by atoms with Gasteiger partial charge in [0.15, 0.2) is 11.6 Å². The summed E-state index contributed by atoms with van der Waals surface area (Å²) in [6.07, 6.45) is 0. The Labute approximate surface area is 172 Å². The van der Waals surface area contributed by atoms with Gasteiger partial charge >= 0.3 is 0 Å². The van der Waals surface area contributed by atoms with Gasteiger partial charge < -0.3 is 0 Å². The fourth-order valence-corrected chi connectivity index (χ4v) is 4.35. The van der Waals surface area contributed by atoms with Gasteiger partial charge in [0.05, 0.1) is 0 Å². The first kappa shape index (κ1) is 16.4. The van der Waals surface area contributed by atoms with Crippen molar-refractivity contribution in [2.75, 3.05) is 0 Å². The molecule has 1 aliphatic rings. The SMILES string of the molecule is Clc1nc(-c2ccccc2)nc(-c2ccc3c4c(cccc24)-c2ccccc2-3)n1. The van der Waals surface area contributed by atoms with Gasteiger partial charge in [-0.3, -0.25) is 0 Å². The molecule has 4 heteroatoms. The summed E-state index contributed by atoms with van der Waals surface area (Å²) >= 11 is 6.29. The zero-order valence-corrected chi connectivity index (χ0v) is 16.1. The molecule has 136 valence electrons. The van der Waals surface area contributed by atoms with Crippen molar-refractivity contribution >= 4 is 22.4 Å². The highest BCUT2D eigenvalue weighted by molar-refractivity contribution is 6.28. The molecule has 0 saturated carbocycles. The molecule has 1 aromatic heterocycles. The first-order chi connectivity index (χ1) is 14.3. The summed E-state index contributed by atoms with van der Waals surface area (Å²) in [6.45, 7) is 0. The Hall–Kier alpha value is -3.56. The van der Waals surface area contributed by atoms with Gasteiger partial charge in [-0.1, -0.05) is 78.9 Å². The molecular formula is C25H14ClN3. The smallest absolute Gasteiger partial charge is 0.208 e. The van der Waals surface area contributed by atoms with E-state index in [1.165, 1.54) is 27.6 Å². The van der Waals surface area contributed by atoms with Crippen LogP contribution in [-0.4, -0.2) is 15.0 Å². The van der Waals surface area contributed by atoms with E-state index in [0.29, 0.717) is 11.6 Å². The Morgan fingerprint density at radius 2 is 1.10 bits per heavy atom. The number of benzene rings is 4. The minimum Gasteiger partial charge on any atom is -0.208 e. The van der Waals surface area contributed by atoms with Crippen LogP contribution in [0.25, 0.3) is 55.8 Å². The van der Waals surface area contributed by atoms with Crippen LogP contribution in [0.1, 0.15) is 0 Å². The van der Waals surface area contributed by atoms with E-state index >= 15 is 0 Å². The van der Waals surface area contributed by atoms with Crippen molar-refractivity contribution in [1.82, 2.24) is 15.0 Å². The van der Waals surface area contributed by atoms with Gasteiger partial charge in [0.2, 0.25) is 5.28 Å². The Bertz CT molecular complexity index is 1380. The molecule has 29 heavy (non-hydrogen) atoms. The second kappa shape index (κ2) is 6.23. The van der Waals surface area contributed by atoms with Crippen LogP contribution in [0.2, 0.25) is 5.28 Å². The van der Waals surface area contributed by atoms with Crippen LogP contribution >= 0.6 is 11.6 Å². The van der Waals surface area contributed by atoms with Gasteiger partial charge in [-0.25, -0.2) is 4.98 Å². The van der Waals surface area contributed by atoms with E-state index in [4.69, 9.17) is 16.6 Å². The molecule has 1 heterocycles. The third-order valence-electron chi connectivity index (χ3n) is 5.43. The van der Waals surface area contributed by atoms with Crippen LogP contribution in [0.5, 0.6) is 0 Å². The van der Waals surface area contributed by atoms with Crippen LogP contribution in [-0.2, 0) is 0 Å². The summed E-state index contributed by atoms with van der Waals surface area (Å²) in [5, 5.41) is 2.56. The van der Waals surface area contributed by atoms with E-state index in [9.17, 15) is 0 Å². The molecule has 0 unspecified atom stereocenters. The molecule has 0 bridgehead atoms. The van der Waals surface area contributed by atoms with Crippen molar-refractivity contribution in [2.45, 2.75) is 0 Å². The average molecular weight is 392 g/mol. The van der Waals surface area contributed by atoms with Crippen molar-refractivity contribution < 1.29 is 0 Å². The molecule has 0 saturated heterocycles. The monoisotopic (exact) mass is 391 g/mol. The predicted octanol–water partition coefficient (Wildman–Crippen LogP) is 6.66. The predicted molar refractivity (Wildman–Crippen MR) is 118 cm³/mol. The highest BCUT2D eigenvalue weighted by atomic mass is 35.5. The average Bonchev–Trinajstić information content (AvgIpc) is 3.10. The highest BCUT2D eigenvalue weighted by Gasteiger charge is 2.23. The minimum absolute atomic E-state index is 0.195. The first-order valence-electron chi connectivity index (χ1n) is 9.42. The molecule has 5 aromatic rings. The van der Waals surface area contributed by atoms with Gasteiger partial charge in [0.25, 0.3) is 0 Å². The lowest BCUT2D eigenvalue weighted by atomic mass is 9.98. The van der Waals surface area contributed by atoms with Crippen LogP contribution in [0.4, 0.5) is 0 Å². The normalized spacial score (nSPS) is 11.6. The molecule has 0 spiro atoms. The Balaban J connectivity index is 1.62. The number of rotatable bonds is 2. The summed E-state index contributed by atoms with van der Waals surface area (Å²) < 4.78 is 0. The number of aromatic nitrogens is 3. The molecule has 0 N–H and O–H groups in total. The van der Waals surface area contributed by atoms with Crippen molar-refractivity contribution in [2.24, 2.45) is 0 Å². The number of halogens is 1. The largest absolute Gasteiger partial charge is 0.226 e. The summed E-state index contributed by atoms with van der Waals surface area (Å²) in [6, 6.07) is 29.0. The van der Waals surface area contributed by atoms with E-state index in [-0.39, 0.29) is 5.28 Å². The maximum absolute atomic E-state index is 6.29. The van der Waals surface area contributed by atoms with Crippen molar-refractivity contribution in [3.8, 4) is 45.0 Å². The van der Waals surface area contributed by atoms with Crippen LogP contribution < -0.4 is 0 Å². The maximum Gasteiger partial charge on any atom is 0.226 e. The van der Waals surface area contributed by atoms with Gasteiger partial charge in [-0.05, 0) is 50.7 Å². The van der Waals surface area contributed by atoms with Crippen LogP contribution in [0.3, 0.4) is 0 Å². The molecule has 0 fully saturated rings. The standard InChI is InChI=1S/C25H14ClN3/c26-25-28-23(15-7-2-1-3-8-15)27-24(29-25)21-14-13-20-17-10-5-4-9-16(17)18-11-6-12-19(21)22(18)20/h1-14H. The fraction of sp³-hybridized carbons (Fsp3) is 0. The van der Waals surface area contributed by atoms with E-state index in [1.54, 1.807) is 0 Å². The topological polar surface area (TPSA) is 38.7 Å². The van der Waals surface area contributed by atoms with Crippen molar-refractivity contribution in [3.05, 3.63) is 90.2 Å². The molecule has 4 aromatic carbocycles. The second-order valence-electron chi connectivity index (χ2n) is 7.05. The Morgan fingerprint density at radius 1 is 0.483 bits per heavy atom. The van der Waals surface area contributed by atoms with Gasteiger partial charge in [0, 0.05) is 11.1 Å². The zero-order chi connectivity index (χ0) is 19.4. The second-order valence-corrected chi connectivity index (χ2v) is 7.39. The summed E-state index contributed by atoms with van der Waals surface area (Å²) in [5.74, 6) is 1.16. The molecule has 1 aliphatic carbocycles. The Kier molecular flexibility index (Phi) is 3.52. The van der Waals surface area contributed by atoms with Gasteiger partial charge in [0.1, 0.15) is 0 Å². The summed E-state index contributed by atoms with van der Waals surface area (Å²) in [7, 11) is 0. The van der Waals surface area contributed by atoms with Crippen molar-refractivity contribution in [3.63, 3.8) is 0 Å². The molecule has 6 rings (SSSR count). The summed E-state index contributed by atoms with van der Waals surface area (Å²) in [4.78, 5) is 13.5. The number of nitrogens with zero attached hydrogens (tertiary/aromatic N) is 3. The lowest BCUT2D eigenvalue weighted by molar-refractivity contribution is 1.07. The quantitative estimate of drug-likeness (QED) is 0.331. The lowest BCUT2D eigenvalue weighted by Gasteiger charge is -2.10. The van der Waals surface area contributed by atoms with Crippen LogP contribution in [0.15, 0.2) is 84.9 Å². The van der Waals surface area contributed by atoms with E-state index in [0.717, 1.165) is 16.5 Å². The molecule has 0 radical (unpaired) electrons. The Morgan fingerprint density at radius 3 is 1.90 bits per heavy atom.